The summed E-state index contributed by atoms with van der Waals surface area (Å²) in [4.78, 5) is 14.0. The summed E-state index contributed by atoms with van der Waals surface area (Å²) in [5.41, 5.74) is 2.85. The average Bonchev–Trinajstić information content (AvgIpc) is 2.71. The van der Waals surface area contributed by atoms with E-state index in [1.807, 2.05) is 0 Å². The third kappa shape index (κ3) is 5.36. The van der Waals surface area contributed by atoms with Gasteiger partial charge < -0.3 is 4.18 Å². The van der Waals surface area contributed by atoms with Crippen molar-refractivity contribution in [1.29, 1.82) is 0 Å². The minimum absolute atomic E-state index is 0.0269. The van der Waals surface area contributed by atoms with Crippen LogP contribution in [0.15, 0.2) is 81.3 Å². The molecule has 1 heterocycles. The fraction of sp³-hybridized carbons (Fsp3) is 0. The van der Waals surface area contributed by atoms with Gasteiger partial charge in [-0.3, -0.25) is 15.5 Å². The van der Waals surface area contributed by atoms with E-state index in [2.05, 4.69) is 31.4 Å². The Morgan fingerprint density at radius 3 is 2.55 bits per heavy atom. The molecule has 11 heteroatoms. The van der Waals surface area contributed by atoms with Crippen LogP contribution in [0.3, 0.4) is 0 Å². The zero-order valence-electron chi connectivity index (χ0n) is 14.6. The molecule has 0 aliphatic rings. The summed E-state index contributed by atoms with van der Waals surface area (Å²) < 4.78 is 30.9. The Balaban J connectivity index is 1.80. The van der Waals surface area contributed by atoms with Crippen LogP contribution in [0.25, 0.3) is 0 Å². The molecular formula is C18H13BrN4O5S. The molecule has 3 rings (SSSR count). The van der Waals surface area contributed by atoms with Gasteiger partial charge in [-0.15, -0.1) is 0 Å². The number of benzene rings is 2. The molecule has 0 amide bonds. The molecule has 29 heavy (non-hydrogen) atoms. The summed E-state index contributed by atoms with van der Waals surface area (Å²) in [6.07, 6.45) is 2.45. The smallest absolute Gasteiger partial charge is 0.339 e. The predicted octanol–water partition coefficient (Wildman–Crippen LogP) is 3.97. The van der Waals surface area contributed by atoms with Gasteiger partial charge in [-0.25, -0.2) is 4.98 Å². The first-order chi connectivity index (χ1) is 13.8. The SMILES string of the molecule is O=[N+]([O-])c1ccc(N/N=C/c2cc(Br)ccc2OS(=O)(=O)c2ccccc2)nc1. The normalized spacial score (nSPS) is 11.3. The second-order valence-electron chi connectivity index (χ2n) is 5.56. The van der Waals surface area contributed by atoms with Gasteiger partial charge >= 0.3 is 10.1 Å². The molecule has 2 aromatic carbocycles. The van der Waals surface area contributed by atoms with Crippen molar-refractivity contribution in [1.82, 2.24) is 4.98 Å². The van der Waals surface area contributed by atoms with E-state index in [0.29, 0.717) is 10.0 Å². The molecule has 9 nitrogen and oxygen atoms in total. The lowest BCUT2D eigenvalue weighted by Gasteiger charge is -2.10. The maximum absolute atomic E-state index is 12.5. The van der Waals surface area contributed by atoms with Gasteiger partial charge in [0.2, 0.25) is 0 Å². The van der Waals surface area contributed by atoms with E-state index < -0.39 is 15.0 Å². The zero-order valence-corrected chi connectivity index (χ0v) is 17.0. The van der Waals surface area contributed by atoms with E-state index in [1.165, 1.54) is 36.5 Å². The summed E-state index contributed by atoms with van der Waals surface area (Å²) in [5.74, 6) is 0.362. The highest BCUT2D eigenvalue weighted by Gasteiger charge is 2.18. The van der Waals surface area contributed by atoms with Crippen LogP contribution in [0.1, 0.15) is 5.56 Å². The monoisotopic (exact) mass is 476 g/mol. The summed E-state index contributed by atoms with van der Waals surface area (Å²) in [6.45, 7) is 0. The van der Waals surface area contributed by atoms with E-state index in [9.17, 15) is 18.5 Å². The number of hydrazone groups is 1. The second-order valence-corrected chi connectivity index (χ2v) is 8.02. The van der Waals surface area contributed by atoms with Crippen LogP contribution in [-0.2, 0) is 10.1 Å². The number of hydrogen-bond acceptors (Lipinski definition) is 8. The lowest BCUT2D eigenvalue weighted by atomic mass is 10.2. The van der Waals surface area contributed by atoms with Crippen molar-refractivity contribution in [2.24, 2.45) is 5.10 Å². The minimum atomic E-state index is -4.01. The third-order valence-electron chi connectivity index (χ3n) is 3.54. The number of anilines is 1. The number of nitro groups is 1. The molecule has 0 fully saturated rings. The molecule has 0 saturated carbocycles. The Labute approximate surface area is 174 Å². The number of rotatable bonds is 7. The maximum Gasteiger partial charge on any atom is 0.339 e. The van der Waals surface area contributed by atoms with E-state index in [4.69, 9.17) is 4.18 Å². The molecule has 1 N–H and O–H groups in total. The Morgan fingerprint density at radius 1 is 1.14 bits per heavy atom. The van der Waals surface area contributed by atoms with E-state index in [1.54, 1.807) is 30.3 Å². The quantitative estimate of drug-likeness (QED) is 0.236. The number of nitrogens with zero attached hydrogens (tertiary/aromatic N) is 3. The lowest BCUT2D eigenvalue weighted by molar-refractivity contribution is -0.385. The number of halogens is 1. The van der Waals surface area contributed by atoms with Crippen LogP contribution in [0, 0.1) is 10.1 Å². The third-order valence-corrected chi connectivity index (χ3v) is 5.29. The molecule has 0 aliphatic carbocycles. The second kappa shape index (κ2) is 8.80. The molecule has 0 aliphatic heterocycles. The Morgan fingerprint density at radius 2 is 1.90 bits per heavy atom. The van der Waals surface area contributed by atoms with Crippen LogP contribution in [0.2, 0.25) is 0 Å². The number of hydrogen-bond donors (Lipinski definition) is 1. The van der Waals surface area contributed by atoms with Gasteiger partial charge in [0.05, 0.1) is 11.1 Å². The lowest BCUT2D eigenvalue weighted by Crippen LogP contribution is -2.11. The summed E-state index contributed by atoms with van der Waals surface area (Å²) in [5, 5.41) is 14.6. The van der Waals surface area contributed by atoms with Crippen LogP contribution in [-0.4, -0.2) is 24.5 Å². The van der Waals surface area contributed by atoms with Crippen LogP contribution in [0.5, 0.6) is 5.75 Å². The summed E-state index contributed by atoms with van der Waals surface area (Å²) in [6, 6.07) is 15.2. The first-order valence-corrected chi connectivity index (χ1v) is 10.2. The fourth-order valence-corrected chi connectivity index (χ4v) is 3.53. The highest BCUT2D eigenvalue weighted by Crippen LogP contribution is 2.25. The highest BCUT2D eigenvalue weighted by atomic mass is 79.9. The highest BCUT2D eigenvalue weighted by molar-refractivity contribution is 9.10. The van der Waals surface area contributed by atoms with Crippen molar-refractivity contribution in [2.75, 3.05) is 5.43 Å². The van der Waals surface area contributed by atoms with Crippen molar-refractivity contribution >= 4 is 43.8 Å². The molecule has 148 valence electrons. The molecule has 0 bridgehead atoms. The average molecular weight is 477 g/mol. The first-order valence-electron chi connectivity index (χ1n) is 8.04. The maximum atomic E-state index is 12.5. The molecule has 0 spiro atoms. The number of aromatic nitrogens is 1. The first kappa shape index (κ1) is 20.4. The molecule has 1 aromatic heterocycles. The summed E-state index contributed by atoms with van der Waals surface area (Å²) >= 11 is 3.32. The van der Waals surface area contributed by atoms with Gasteiger partial charge in [-0.05, 0) is 36.4 Å². The van der Waals surface area contributed by atoms with Crippen molar-refractivity contribution in [2.45, 2.75) is 4.90 Å². The zero-order chi connectivity index (χ0) is 20.9. The van der Waals surface area contributed by atoms with E-state index >= 15 is 0 Å². The molecule has 0 radical (unpaired) electrons. The van der Waals surface area contributed by atoms with Crippen LogP contribution in [0.4, 0.5) is 11.5 Å². The van der Waals surface area contributed by atoms with Gasteiger partial charge in [-0.2, -0.15) is 13.5 Å². The predicted molar refractivity (Wildman–Crippen MR) is 111 cm³/mol. The number of pyridine rings is 1. The summed E-state index contributed by atoms with van der Waals surface area (Å²) in [7, 11) is -4.01. The Bertz CT molecular complexity index is 1150. The molecule has 0 unspecified atom stereocenters. The minimum Gasteiger partial charge on any atom is -0.378 e. The fourth-order valence-electron chi connectivity index (χ4n) is 2.18. The van der Waals surface area contributed by atoms with Crippen molar-refractivity contribution in [3.8, 4) is 5.75 Å². The van der Waals surface area contributed by atoms with Crippen LogP contribution >= 0.6 is 15.9 Å². The van der Waals surface area contributed by atoms with E-state index in [-0.39, 0.29) is 22.2 Å². The number of nitrogens with one attached hydrogen (secondary N) is 1. The standard InChI is InChI=1S/C18H13BrN4O5S/c19-14-6-8-17(28-29(26,27)16-4-2-1-3-5-16)13(10-14)11-21-22-18-9-7-15(12-20-18)23(24)25/h1-12H,(H,20,22)/b21-11+. The van der Waals surface area contributed by atoms with Crippen molar-refractivity contribution < 1.29 is 17.5 Å². The molecule has 3 aromatic rings. The molecular weight excluding hydrogens is 464 g/mol. The van der Waals surface area contributed by atoms with Gasteiger partial charge in [-0.1, -0.05) is 34.1 Å². The van der Waals surface area contributed by atoms with Gasteiger partial charge in [0.1, 0.15) is 16.9 Å². The Kier molecular flexibility index (Phi) is 6.20. The van der Waals surface area contributed by atoms with Gasteiger partial charge in [0, 0.05) is 16.1 Å². The van der Waals surface area contributed by atoms with Crippen LogP contribution < -0.4 is 9.61 Å². The van der Waals surface area contributed by atoms with Crippen molar-refractivity contribution in [3.63, 3.8) is 0 Å². The van der Waals surface area contributed by atoms with Gasteiger partial charge in [0.15, 0.2) is 5.75 Å². The van der Waals surface area contributed by atoms with E-state index in [0.717, 1.165) is 6.20 Å². The largest absolute Gasteiger partial charge is 0.378 e. The Hall–Kier alpha value is -3.31. The topological polar surface area (TPSA) is 124 Å². The molecule has 0 saturated heterocycles. The molecule has 0 atom stereocenters. The van der Waals surface area contributed by atoms with Crippen molar-refractivity contribution in [3.05, 3.63) is 87.0 Å². The van der Waals surface area contributed by atoms with Gasteiger partial charge in [0.25, 0.3) is 5.69 Å².